The molecule has 0 spiro atoms. The van der Waals surface area contributed by atoms with Gasteiger partial charge in [-0.2, -0.15) is 5.10 Å². The first-order chi connectivity index (χ1) is 10.1. The lowest BCUT2D eigenvalue weighted by Gasteiger charge is -2.34. The Labute approximate surface area is 134 Å². The second kappa shape index (κ2) is 7.64. The van der Waals surface area contributed by atoms with E-state index in [2.05, 4.69) is 42.9 Å². The molecule has 0 aliphatic heterocycles. The smallest absolute Gasteiger partial charge is 0.0834 e. The second-order valence-electron chi connectivity index (χ2n) is 6.75. The van der Waals surface area contributed by atoms with Crippen molar-refractivity contribution in [3.8, 4) is 0 Å². The van der Waals surface area contributed by atoms with Crippen molar-refractivity contribution in [2.45, 2.75) is 71.4 Å². The van der Waals surface area contributed by atoms with Crippen molar-refractivity contribution in [3.05, 3.63) is 16.9 Å². The van der Waals surface area contributed by atoms with Gasteiger partial charge in [-0.25, -0.2) is 0 Å². The van der Waals surface area contributed by atoms with E-state index in [0.29, 0.717) is 18.0 Å². The normalized spacial score (nSPS) is 24.5. The maximum atomic E-state index is 6.44. The molecule has 1 aliphatic rings. The number of nitrogens with one attached hydrogen (secondary N) is 1. The predicted molar refractivity (Wildman–Crippen MR) is 89.8 cm³/mol. The maximum Gasteiger partial charge on any atom is 0.0834 e. The van der Waals surface area contributed by atoms with Crippen LogP contribution >= 0.6 is 11.6 Å². The van der Waals surface area contributed by atoms with Crippen LogP contribution in [-0.4, -0.2) is 16.8 Å². The van der Waals surface area contributed by atoms with Crippen LogP contribution in [0.1, 0.15) is 77.1 Å². The zero-order valence-electron chi connectivity index (χ0n) is 13.9. The van der Waals surface area contributed by atoms with E-state index in [1.54, 1.807) is 6.20 Å². The molecule has 4 heteroatoms. The number of rotatable bonds is 6. The molecule has 0 amide bonds. The first-order valence-electron chi connectivity index (χ1n) is 8.48. The van der Waals surface area contributed by atoms with Crippen LogP contribution in [0.15, 0.2) is 6.20 Å². The van der Waals surface area contributed by atoms with Gasteiger partial charge in [0.25, 0.3) is 0 Å². The van der Waals surface area contributed by atoms with Crippen LogP contribution < -0.4 is 5.32 Å². The van der Waals surface area contributed by atoms with Gasteiger partial charge < -0.3 is 5.32 Å². The molecule has 1 aromatic heterocycles. The van der Waals surface area contributed by atoms with E-state index in [1.807, 2.05) is 0 Å². The molecule has 3 nitrogen and oxygen atoms in total. The maximum absolute atomic E-state index is 6.44. The molecule has 1 N–H and O–H groups in total. The fourth-order valence-electron chi connectivity index (χ4n) is 3.87. The molecule has 1 saturated carbocycles. The zero-order valence-corrected chi connectivity index (χ0v) is 14.7. The van der Waals surface area contributed by atoms with E-state index in [0.717, 1.165) is 10.9 Å². The van der Waals surface area contributed by atoms with Gasteiger partial charge in [0, 0.05) is 6.04 Å². The van der Waals surface area contributed by atoms with Gasteiger partial charge in [0.05, 0.1) is 23.0 Å². The van der Waals surface area contributed by atoms with E-state index in [9.17, 15) is 0 Å². The highest BCUT2D eigenvalue weighted by atomic mass is 35.5. The summed E-state index contributed by atoms with van der Waals surface area (Å²) < 4.78 is 2.08. The lowest BCUT2D eigenvalue weighted by molar-refractivity contribution is 0.212. The molecule has 21 heavy (non-hydrogen) atoms. The highest BCUT2D eigenvalue weighted by Gasteiger charge is 2.31. The average Bonchev–Trinajstić information content (AvgIpc) is 2.84. The van der Waals surface area contributed by atoms with Crippen molar-refractivity contribution < 1.29 is 0 Å². The highest BCUT2D eigenvalue weighted by Crippen LogP contribution is 2.40. The molecule has 1 atom stereocenters. The molecule has 1 heterocycles. The molecule has 0 bridgehead atoms. The molecular weight excluding hydrogens is 282 g/mol. The van der Waals surface area contributed by atoms with Crippen LogP contribution in [0.3, 0.4) is 0 Å². The third kappa shape index (κ3) is 3.81. The Hall–Kier alpha value is -0.540. The first kappa shape index (κ1) is 16.8. The summed E-state index contributed by atoms with van der Waals surface area (Å²) in [5.74, 6) is 1.61. The number of hydrogen-bond acceptors (Lipinski definition) is 2. The number of nitrogens with zero attached hydrogens (tertiary/aromatic N) is 2. The molecule has 1 aliphatic carbocycles. The number of aromatic nitrogens is 2. The van der Waals surface area contributed by atoms with Crippen molar-refractivity contribution >= 4 is 11.6 Å². The molecular formula is C17H30ClN3. The quantitative estimate of drug-likeness (QED) is 0.802. The standard InChI is InChI=1S/C17H30ClN3/c1-5-6-13-7-9-14(10-8-13)16(19-4)17-15(18)11-20-21(17)12(2)3/h11-14,16,19H,5-10H2,1-4H3. The monoisotopic (exact) mass is 311 g/mol. The minimum atomic E-state index is 0.324. The average molecular weight is 312 g/mol. The molecule has 0 saturated heterocycles. The van der Waals surface area contributed by atoms with Crippen molar-refractivity contribution in [2.75, 3.05) is 7.05 Å². The van der Waals surface area contributed by atoms with E-state index in [4.69, 9.17) is 11.6 Å². The van der Waals surface area contributed by atoms with Crippen molar-refractivity contribution in [1.29, 1.82) is 0 Å². The van der Waals surface area contributed by atoms with Gasteiger partial charge in [0.15, 0.2) is 0 Å². The zero-order chi connectivity index (χ0) is 15.4. The van der Waals surface area contributed by atoms with E-state index < -0.39 is 0 Å². The van der Waals surface area contributed by atoms with Crippen molar-refractivity contribution in [1.82, 2.24) is 15.1 Å². The lowest BCUT2D eigenvalue weighted by atomic mass is 9.76. The van der Waals surface area contributed by atoms with Crippen LogP contribution in [0.5, 0.6) is 0 Å². The first-order valence-corrected chi connectivity index (χ1v) is 8.86. The molecule has 1 unspecified atom stereocenters. The van der Waals surface area contributed by atoms with E-state index in [1.165, 1.54) is 44.2 Å². The Morgan fingerprint density at radius 2 is 2.00 bits per heavy atom. The summed E-state index contributed by atoms with van der Waals surface area (Å²) in [6.45, 7) is 6.62. The molecule has 1 fully saturated rings. The second-order valence-corrected chi connectivity index (χ2v) is 7.16. The molecule has 120 valence electrons. The van der Waals surface area contributed by atoms with Gasteiger partial charge in [-0.1, -0.05) is 44.2 Å². The molecule has 1 aromatic rings. The van der Waals surface area contributed by atoms with Crippen LogP contribution in [0, 0.1) is 11.8 Å². The SMILES string of the molecule is CCCC1CCC(C(NC)c2c(Cl)cnn2C(C)C)CC1. The Bertz CT molecular complexity index is 433. The Balaban J connectivity index is 2.12. The summed E-state index contributed by atoms with van der Waals surface area (Å²) in [6.07, 6.45) is 9.84. The summed E-state index contributed by atoms with van der Waals surface area (Å²) in [5, 5.41) is 8.78. The Morgan fingerprint density at radius 3 is 2.52 bits per heavy atom. The molecule has 0 radical (unpaired) electrons. The van der Waals surface area contributed by atoms with Gasteiger partial charge in [0.1, 0.15) is 0 Å². The summed E-state index contributed by atoms with van der Waals surface area (Å²) in [4.78, 5) is 0. The highest BCUT2D eigenvalue weighted by molar-refractivity contribution is 6.31. The number of hydrogen-bond donors (Lipinski definition) is 1. The summed E-state index contributed by atoms with van der Waals surface area (Å²) in [7, 11) is 2.05. The van der Waals surface area contributed by atoms with E-state index >= 15 is 0 Å². The van der Waals surface area contributed by atoms with Gasteiger partial charge >= 0.3 is 0 Å². The van der Waals surface area contributed by atoms with Gasteiger partial charge in [-0.05, 0) is 45.6 Å². The third-order valence-electron chi connectivity index (χ3n) is 4.94. The van der Waals surface area contributed by atoms with Gasteiger partial charge in [-0.3, -0.25) is 4.68 Å². The lowest BCUT2D eigenvalue weighted by Crippen LogP contribution is -2.31. The largest absolute Gasteiger partial charge is 0.311 e. The molecule has 2 rings (SSSR count). The van der Waals surface area contributed by atoms with Crippen LogP contribution in [-0.2, 0) is 0 Å². The van der Waals surface area contributed by atoms with Crippen LogP contribution in [0.25, 0.3) is 0 Å². The molecule has 0 aromatic carbocycles. The van der Waals surface area contributed by atoms with Crippen molar-refractivity contribution in [2.24, 2.45) is 11.8 Å². The summed E-state index contributed by atoms with van der Waals surface area (Å²) in [6, 6.07) is 0.671. The Kier molecular flexibility index (Phi) is 6.12. The fourth-order valence-corrected chi connectivity index (χ4v) is 4.12. The third-order valence-corrected chi connectivity index (χ3v) is 5.23. The predicted octanol–water partition coefficient (Wildman–Crippen LogP) is 4.98. The summed E-state index contributed by atoms with van der Waals surface area (Å²) in [5.41, 5.74) is 1.17. The van der Waals surface area contributed by atoms with Crippen molar-refractivity contribution in [3.63, 3.8) is 0 Å². The topological polar surface area (TPSA) is 29.9 Å². The minimum absolute atomic E-state index is 0.324. The summed E-state index contributed by atoms with van der Waals surface area (Å²) >= 11 is 6.44. The van der Waals surface area contributed by atoms with Gasteiger partial charge in [-0.15, -0.1) is 0 Å². The fraction of sp³-hybridized carbons (Fsp3) is 0.824. The minimum Gasteiger partial charge on any atom is -0.311 e. The van der Waals surface area contributed by atoms with Crippen LogP contribution in [0.2, 0.25) is 5.02 Å². The van der Waals surface area contributed by atoms with E-state index in [-0.39, 0.29) is 0 Å². The van der Waals surface area contributed by atoms with Crippen LogP contribution in [0.4, 0.5) is 0 Å². The number of halogens is 1. The van der Waals surface area contributed by atoms with Gasteiger partial charge in [0.2, 0.25) is 0 Å². The Morgan fingerprint density at radius 1 is 1.33 bits per heavy atom.